The summed E-state index contributed by atoms with van der Waals surface area (Å²) in [7, 11) is 0. The molecule has 2 heteroatoms. The molecule has 1 spiro atoms. The Morgan fingerprint density at radius 3 is 2.65 bits per heavy atom. The van der Waals surface area contributed by atoms with Crippen LogP contribution in [-0.2, 0) is 4.74 Å². The Balaban J connectivity index is 1.77. The van der Waals surface area contributed by atoms with Gasteiger partial charge in [0, 0.05) is 6.61 Å². The lowest BCUT2D eigenvalue weighted by Gasteiger charge is -2.38. The van der Waals surface area contributed by atoms with Crippen LogP contribution in [0.1, 0.15) is 65.2 Å². The van der Waals surface area contributed by atoms with Crippen molar-refractivity contribution < 1.29 is 9.84 Å². The summed E-state index contributed by atoms with van der Waals surface area (Å²) in [5, 5.41) is 9.88. The summed E-state index contributed by atoms with van der Waals surface area (Å²) in [6, 6.07) is 0. The summed E-state index contributed by atoms with van der Waals surface area (Å²) in [5.74, 6) is 1.19. The Labute approximate surface area is 106 Å². The minimum Gasteiger partial charge on any atom is -0.393 e. The summed E-state index contributed by atoms with van der Waals surface area (Å²) in [5.41, 5.74) is 0.242. The molecule has 2 nitrogen and oxygen atoms in total. The Kier molecular flexibility index (Phi) is 4.48. The molecule has 2 fully saturated rings. The highest BCUT2D eigenvalue weighted by Gasteiger charge is 2.39. The van der Waals surface area contributed by atoms with Crippen molar-refractivity contribution in [2.75, 3.05) is 6.61 Å². The third kappa shape index (κ3) is 3.45. The number of ether oxygens (including phenoxy) is 1. The largest absolute Gasteiger partial charge is 0.393 e. The van der Waals surface area contributed by atoms with Gasteiger partial charge in [0.15, 0.2) is 0 Å². The van der Waals surface area contributed by atoms with Crippen LogP contribution in [0.3, 0.4) is 0 Å². The zero-order chi connectivity index (χ0) is 12.3. The number of rotatable bonds is 4. The van der Waals surface area contributed by atoms with Gasteiger partial charge in [0.1, 0.15) is 0 Å². The van der Waals surface area contributed by atoms with Gasteiger partial charge in [-0.25, -0.2) is 0 Å². The zero-order valence-electron chi connectivity index (χ0n) is 11.5. The molecule has 2 unspecified atom stereocenters. The normalized spacial score (nSPS) is 30.0. The van der Waals surface area contributed by atoms with Crippen molar-refractivity contribution in [3.05, 3.63) is 0 Å². The van der Waals surface area contributed by atoms with Crippen LogP contribution >= 0.6 is 0 Å². The SMILES string of the molecule is CC(C)C(O)CCC1CCOC2(CCCC2)C1. The van der Waals surface area contributed by atoms with Gasteiger partial charge in [-0.15, -0.1) is 0 Å². The summed E-state index contributed by atoms with van der Waals surface area (Å²) < 4.78 is 6.05. The predicted molar refractivity (Wildman–Crippen MR) is 70.0 cm³/mol. The fourth-order valence-electron chi connectivity index (χ4n) is 3.48. The van der Waals surface area contributed by atoms with Gasteiger partial charge in [0.25, 0.3) is 0 Å². The molecule has 1 heterocycles. The van der Waals surface area contributed by atoms with Crippen LogP contribution in [0.2, 0.25) is 0 Å². The van der Waals surface area contributed by atoms with E-state index in [1.54, 1.807) is 0 Å². The summed E-state index contributed by atoms with van der Waals surface area (Å²) in [4.78, 5) is 0. The molecule has 0 aromatic heterocycles. The van der Waals surface area contributed by atoms with Crippen LogP contribution in [0.25, 0.3) is 0 Å². The molecule has 0 aromatic carbocycles. The Bertz CT molecular complexity index is 231. The number of aliphatic hydroxyl groups is 1. The Hall–Kier alpha value is -0.0800. The minimum absolute atomic E-state index is 0.114. The van der Waals surface area contributed by atoms with Crippen LogP contribution in [0.4, 0.5) is 0 Å². The average Bonchev–Trinajstić information content (AvgIpc) is 2.74. The quantitative estimate of drug-likeness (QED) is 0.814. The highest BCUT2D eigenvalue weighted by molar-refractivity contribution is 4.91. The van der Waals surface area contributed by atoms with E-state index >= 15 is 0 Å². The highest BCUT2D eigenvalue weighted by atomic mass is 16.5. The van der Waals surface area contributed by atoms with E-state index in [9.17, 15) is 5.11 Å². The van der Waals surface area contributed by atoms with E-state index in [0.29, 0.717) is 5.92 Å². The number of aliphatic hydroxyl groups excluding tert-OH is 1. The van der Waals surface area contributed by atoms with E-state index in [-0.39, 0.29) is 11.7 Å². The van der Waals surface area contributed by atoms with Crippen LogP contribution in [-0.4, -0.2) is 23.4 Å². The van der Waals surface area contributed by atoms with E-state index in [1.165, 1.54) is 44.9 Å². The summed E-state index contributed by atoms with van der Waals surface area (Å²) in [6.07, 6.45) is 9.74. The van der Waals surface area contributed by atoms with Crippen molar-refractivity contribution in [3.63, 3.8) is 0 Å². The lowest BCUT2D eigenvalue weighted by Crippen LogP contribution is -2.37. The highest BCUT2D eigenvalue weighted by Crippen LogP contribution is 2.43. The molecule has 2 aliphatic rings. The first kappa shape index (κ1) is 13.4. The number of hydrogen-bond donors (Lipinski definition) is 1. The van der Waals surface area contributed by atoms with Crippen LogP contribution in [0, 0.1) is 11.8 Å². The number of hydrogen-bond acceptors (Lipinski definition) is 2. The summed E-state index contributed by atoms with van der Waals surface area (Å²) in [6.45, 7) is 5.16. The van der Waals surface area contributed by atoms with Gasteiger partial charge in [-0.2, -0.15) is 0 Å². The monoisotopic (exact) mass is 240 g/mol. The third-order valence-electron chi connectivity index (χ3n) is 4.75. The van der Waals surface area contributed by atoms with Gasteiger partial charge < -0.3 is 9.84 Å². The molecular weight excluding hydrogens is 212 g/mol. The maximum absolute atomic E-state index is 9.88. The molecule has 1 aliphatic carbocycles. The molecule has 0 radical (unpaired) electrons. The van der Waals surface area contributed by atoms with Crippen molar-refractivity contribution in [3.8, 4) is 0 Å². The molecule has 100 valence electrons. The van der Waals surface area contributed by atoms with E-state index in [4.69, 9.17) is 4.74 Å². The van der Waals surface area contributed by atoms with Gasteiger partial charge in [0.05, 0.1) is 11.7 Å². The Morgan fingerprint density at radius 2 is 2.00 bits per heavy atom. The molecule has 1 aliphatic heterocycles. The molecule has 0 amide bonds. The van der Waals surface area contributed by atoms with E-state index in [0.717, 1.165) is 18.9 Å². The van der Waals surface area contributed by atoms with Crippen molar-refractivity contribution >= 4 is 0 Å². The molecule has 2 rings (SSSR count). The van der Waals surface area contributed by atoms with Crippen LogP contribution < -0.4 is 0 Å². The molecule has 2 atom stereocenters. The van der Waals surface area contributed by atoms with Gasteiger partial charge in [-0.3, -0.25) is 0 Å². The van der Waals surface area contributed by atoms with Crippen LogP contribution in [0.5, 0.6) is 0 Å². The second-order valence-electron chi connectivity index (χ2n) is 6.49. The van der Waals surface area contributed by atoms with E-state index in [2.05, 4.69) is 13.8 Å². The summed E-state index contributed by atoms with van der Waals surface area (Å²) >= 11 is 0. The first-order valence-electron chi connectivity index (χ1n) is 7.43. The average molecular weight is 240 g/mol. The van der Waals surface area contributed by atoms with Crippen LogP contribution in [0.15, 0.2) is 0 Å². The topological polar surface area (TPSA) is 29.5 Å². The smallest absolute Gasteiger partial charge is 0.0685 e. The first-order chi connectivity index (χ1) is 8.11. The fraction of sp³-hybridized carbons (Fsp3) is 1.00. The zero-order valence-corrected chi connectivity index (χ0v) is 11.5. The van der Waals surface area contributed by atoms with Gasteiger partial charge >= 0.3 is 0 Å². The predicted octanol–water partition coefficient (Wildman–Crippen LogP) is 3.52. The Morgan fingerprint density at radius 1 is 1.29 bits per heavy atom. The molecule has 1 N–H and O–H groups in total. The molecule has 0 bridgehead atoms. The maximum Gasteiger partial charge on any atom is 0.0685 e. The van der Waals surface area contributed by atoms with E-state index in [1.807, 2.05) is 0 Å². The van der Waals surface area contributed by atoms with Crippen molar-refractivity contribution in [2.24, 2.45) is 11.8 Å². The van der Waals surface area contributed by atoms with Gasteiger partial charge in [-0.1, -0.05) is 26.7 Å². The second-order valence-corrected chi connectivity index (χ2v) is 6.49. The lowest BCUT2D eigenvalue weighted by atomic mass is 9.81. The minimum atomic E-state index is -0.114. The molecule has 17 heavy (non-hydrogen) atoms. The third-order valence-corrected chi connectivity index (χ3v) is 4.75. The molecule has 1 saturated heterocycles. The standard InChI is InChI=1S/C15H28O2/c1-12(2)14(16)6-5-13-7-10-17-15(11-13)8-3-4-9-15/h12-14,16H,3-11H2,1-2H3. The lowest BCUT2D eigenvalue weighted by molar-refractivity contribution is -0.0952. The molecule has 1 saturated carbocycles. The van der Waals surface area contributed by atoms with Crippen molar-refractivity contribution in [1.29, 1.82) is 0 Å². The van der Waals surface area contributed by atoms with Crippen molar-refractivity contribution in [1.82, 2.24) is 0 Å². The van der Waals surface area contributed by atoms with E-state index < -0.39 is 0 Å². The second kappa shape index (κ2) is 5.71. The maximum atomic E-state index is 9.88. The van der Waals surface area contributed by atoms with Crippen molar-refractivity contribution in [2.45, 2.75) is 76.9 Å². The fourth-order valence-corrected chi connectivity index (χ4v) is 3.48. The first-order valence-corrected chi connectivity index (χ1v) is 7.43. The van der Waals surface area contributed by atoms with Gasteiger partial charge in [0.2, 0.25) is 0 Å². The van der Waals surface area contributed by atoms with Gasteiger partial charge in [-0.05, 0) is 50.4 Å². The molecule has 0 aromatic rings. The molecular formula is C15H28O2.